The van der Waals surface area contributed by atoms with Crippen molar-refractivity contribution in [1.82, 2.24) is 15.0 Å². The number of nitrogen functional groups attached to an aromatic ring is 1. The van der Waals surface area contributed by atoms with E-state index in [0.29, 0.717) is 6.54 Å². The van der Waals surface area contributed by atoms with E-state index in [2.05, 4.69) is 10.2 Å². The summed E-state index contributed by atoms with van der Waals surface area (Å²) in [6.07, 6.45) is 0. The monoisotopic (exact) mass is 254 g/mol. The van der Waals surface area contributed by atoms with Gasteiger partial charge >= 0.3 is 0 Å². The van der Waals surface area contributed by atoms with E-state index in [4.69, 9.17) is 10.5 Å². The van der Waals surface area contributed by atoms with Gasteiger partial charge in [0.1, 0.15) is 16.8 Å². The third-order valence-corrected chi connectivity index (χ3v) is 2.93. The van der Waals surface area contributed by atoms with Crippen molar-refractivity contribution < 1.29 is 4.74 Å². The average Bonchev–Trinajstić information content (AvgIpc) is 2.82. The molecular formula is C14H14N4O. The molecule has 0 radical (unpaired) electrons. The number of methoxy groups -OCH3 is 1. The van der Waals surface area contributed by atoms with Gasteiger partial charge in [0.25, 0.3) is 0 Å². The van der Waals surface area contributed by atoms with Crippen LogP contribution in [0.3, 0.4) is 0 Å². The van der Waals surface area contributed by atoms with E-state index < -0.39 is 0 Å². The Morgan fingerprint density at radius 2 is 1.79 bits per heavy atom. The van der Waals surface area contributed by atoms with Crippen LogP contribution in [0, 0.1) is 0 Å². The van der Waals surface area contributed by atoms with E-state index in [1.807, 2.05) is 42.5 Å². The minimum atomic E-state index is 0.622. The molecule has 0 aliphatic carbocycles. The van der Waals surface area contributed by atoms with E-state index in [9.17, 15) is 0 Å². The van der Waals surface area contributed by atoms with Gasteiger partial charge in [-0.3, -0.25) is 0 Å². The summed E-state index contributed by atoms with van der Waals surface area (Å²) in [5.74, 6) is 0.784. The van der Waals surface area contributed by atoms with Gasteiger partial charge in [-0.15, -0.1) is 0 Å². The van der Waals surface area contributed by atoms with Gasteiger partial charge in [0.15, 0.2) is 0 Å². The molecule has 3 rings (SSSR count). The highest BCUT2D eigenvalue weighted by Crippen LogP contribution is 2.17. The zero-order chi connectivity index (χ0) is 13.2. The van der Waals surface area contributed by atoms with Crippen LogP contribution >= 0.6 is 0 Å². The van der Waals surface area contributed by atoms with Crippen LogP contribution in [0.5, 0.6) is 5.75 Å². The Hall–Kier alpha value is -2.56. The Morgan fingerprint density at radius 1 is 1.05 bits per heavy atom. The summed E-state index contributed by atoms with van der Waals surface area (Å²) in [6, 6.07) is 13.4. The highest BCUT2D eigenvalue weighted by atomic mass is 16.5. The summed E-state index contributed by atoms with van der Waals surface area (Å²) in [7, 11) is 1.64. The molecule has 3 aromatic rings. The summed E-state index contributed by atoms with van der Waals surface area (Å²) in [6.45, 7) is 0.622. The van der Waals surface area contributed by atoms with Crippen LogP contribution in [-0.4, -0.2) is 22.1 Å². The van der Waals surface area contributed by atoms with Crippen molar-refractivity contribution in [3.05, 3.63) is 48.0 Å². The molecule has 5 heteroatoms. The van der Waals surface area contributed by atoms with E-state index in [1.165, 1.54) is 0 Å². The summed E-state index contributed by atoms with van der Waals surface area (Å²) in [5, 5.41) is 8.86. The Balaban J connectivity index is 1.90. The lowest BCUT2D eigenvalue weighted by atomic mass is 10.2. The van der Waals surface area contributed by atoms with Gasteiger partial charge in [-0.05, 0) is 29.8 Å². The van der Waals surface area contributed by atoms with Gasteiger partial charge in [-0.2, -0.15) is 15.0 Å². The van der Waals surface area contributed by atoms with Gasteiger partial charge in [0, 0.05) is 11.8 Å². The average molecular weight is 254 g/mol. The number of benzene rings is 2. The molecule has 0 saturated carbocycles. The molecule has 0 aliphatic heterocycles. The molecule has 96 valence electrons. The molecular weight excluding hydrogens is 240 g/mol. The van der Waals surface area contributed by atoms with E-state index in [-0.39, 0.29) is 0 Å². The number of ether oxygens (including phenoxy) is 1. The number of rotatable bonds is 3. The normalized spacial score (nSPS) is 10.8. The highest BCUT2D eigenvalue weighted by Gasteiger charge is 2.04. The minimum absolute atomic E-state index is 0.622. The SMILES string of the molecule is COc1ccc2nn(Cc3ccc(N)cc3)nc2c1. The topological polar surface area (TPSA) is 66.0 Å². The molecule has 0 unspecified atom stereocenters. The van der Waals surface area contributed by atoms with Gasteiger partial charge in [0.05, 0.1) is 13.7 Å². The van der Waals surface area contributed by atoms with E-state index in [1.54, 1.807) is 11.9 Å². The van der Waals surface area contributed by atoms with Gasteiger partial charge in [-0.25, -0.2) is 0 Å². The van der Waals surface area contributed by atoms with Crippen molar-refractivity contribution in [1.29, 1.82) is 0 Å². The second-order valence-electron chi connectivity index (χ2n) is 4.33. The van der Waals surface area contributed by atoms with Crippen molar-refractivity contribution in [3.63, 3.8) is 0 Å². The highest BCUT2D eigenvalue weighted by molar-refractivity contribution is 5.75. The molecule has 0 atom stereocenters. The van der Waals surface area contributed by atoms with E-state index in [0.717, 1.165) is 28.0 Å². The fraction of sp³-hybridized carbons (Fsp3) is 0.143. The summed E-state index contributed by atoms with van der Waals surface area (Å²) in [5.41, 5.74) is 9.22. The standard InChI is InChI=1S/C14H14N4O/c1-19-12-6-7-13-14(8-12)17-18(16-13)9-10-2-4-11(15)5-3-10/h2-8H,9,15H2,1H3. The largest absolute Gasteiger partial charge is 0.497 e. The van der Waals surface area contributed by atoms with E-state index >= 15 is 0 Å². The Kier molecular flexibility index (Phi) is 2.79. The maximum atomic E-state index is 5.66. The predicted octanol–water partition coefficient (Wildman–Crippen LogP) is 2.07. The van der Waals surface area contributed by atoms with Crippen LogP contribution in [-0.2, 0) is 6.54 Å². The summed E-state index contributed by atoms with van der Waals surface area (Å²) in [4.78, 5) is 1.68. The minimum Gasteiger partial charge on any atom is -0.497 e. The Bertz CT molecular complexity index is 703. The second kappa shape index (κ2) is 4.61. The number of aromatic nitrogens is 3. The molecule has 0 amide bonds. The van der Waals surface area contributed by atoms with Gasteiger partial charge in [0.2, 0.25) is 0 Å². The first-order chi connectivity index (χ1) is 9.24. The lowest BCUT2D eigenvalue weighted by Crippen LogP contribution is -2.03. The van der Waals surface area contributed by atoms with Crippen LogP contribution < -0.4 is 10.5 Å². The molecule has 5 nitrogen and oxygen atoms in total. The number of hydrogen-bond acceptors (Lipinski definition) is 4. The molecule has 0 spiro atoms. The maximum Gasteiger partial charge on any atom is 0.121 e. The van der Waals surface area contributed by atoms with Crippen molar-refractivity contribution in [3.8, 4) is 5.75 Å². The quantitative estimate of drug-likeness (QED) is 0.727. The van der Waals surface area contributed by atoms with Crippen molar-refractivity contribution >= 4 is 16.7 Å². The molecule has 2 aromatic carbocycles. The van der Waals surface area contributed by atoms with Crippen LogP contribution in [0.2, 0.25) is 0 Å². The predicted molar refractivity (Wildman–Crippen MR) is 74.0 cm³/mol. The van der Waals surface area contributed by atoms with Crippen LogP contribution in [0.1, 0.15) is 5.56 Å². The smallest absolute Gasteiger partial charge is 0.121 e. The first kappa shape index (κ1) is 11.5. The number of nitrogens with two attached hydrogens (primary N) is 1. The number of fused-ring (bicyclic) bond motifs is 1. The van der Waals surface area contributed by atoms with Gasteiger partial charge < -0.3 is 10.5 Å². The lowest BCUT2D eigenvalue weighted by Gasteiger charge is -2.00. The molecule has 0 fully saturated rings. The first-order valence-electron chi connectivity index (χ1n) is 5.98. The third kappa shape index (κ3) is 2.35. The van der Waals surface area contributed by atoms with Gasteiger partial charge in [-0.1, -0.05) is 12.1 Å². The number of anilines is 1. The molecule has 19 heavy (non-hydrogen) atoms. The van der Waals surface area contributed by atoms with Crippen molar-refractivity contribution in [2.75, 3.05) is 12.8 Å². The zero-order valence-corrected chi connectivity index (χ0v) is 10.6. The summed E-state index contributed by atoms with van der Waals surface area (Å²) < 4.78 is 5.17. The maximum absolute atomic E-state index is 5.66. The fourth-order valence-electron chi connectivity index (χ4n) is 1.92. The zero-order valence-electron chi connectivity index (χ0n) is 10.6. The molecule has 2 N–H and O–H groups in total. The van der Waals surface area contributed by atoms with Crippen molar-refractivity contribution in [2.45, 2.75) is 6.54 Å². The fourth-order valence-corrected chi connectivity index (χ4v) is 1.92. The first-order valence-corrected chi connectivity index (χ1v) is 5.98. The second-order valence-corrected chi connectivity index (χ2v) is 4.33. The molecule has 0 bridgehead atoms. The number of hydrogen-bond donors (Lipinski definition) is 1. The molecule has 0 saturated heterocycles. The third-order valence-electron chi connectivity index (χ3n) is 2.93. The molecule has 1 heterocycles. The van der Waals surface area contributed by atoms with Crippen LogP contribution in [0.4, 0.5) is 5.69 Å². The number of nitrogens with zero attached hydrogens (tertiary/aromatic N) is 3. The lowest BCUT2D eigenvalue weighted by molar-refractivity contribution is 0.415. The Labute approximate surface area is 110 Å². The molecule has 0 aliphatic rings. The van der Waals surface area contributed by atoms with Crippen molar-refractivity contribution in [2.24, 2.45) is 0 Å². The van der Waals surface area contributed by atoms with Crippen LogP contribution in [0.25, 0.3) is 11.0 Å². The van der Waals surface area contributed by atoms with Crippen LogP contribution in [0.15, 0.2) is 42.5 Å². The molecule has 1 aromatic heterocycles. The summed E-state index contributed by atoms with van der Waals surface area (Å²) >= 11 is 0. The Morgan fingerprint density at radius 3 is 2.53 bits per heavy atom.